The maximum atomic E-state index is 12.2. The predicted octanol–water partition coefficient (Wildman–Crippen LogP) is 1.46. The number of carbonyl (C=O) groups is 2. The quantitative estimate of drug-likeness (QED) is 0.660. The zero-order valence-electron chi connectivity index (χ0n) is 11.8. The van der Waals surface area contributed by atoms with Crippen molar-refractivity contribution in [3.63, 3.8) is 0 Å². The molecule has 0 aliphatic heterocycles. The number of nitrogens with zero attached hydrogens (tertiary/aromatic N) is 1. The van der Waals surface area contributed by atoms with E-state index in [1.807, 2.05) is 6.92 Å². The number of esters is 1. The Morgan fingerprint density at radius 3 is 2.53 bits per heavy atom. The van der Waals surface area contributed by atoms with E-state index < -0.39 is 0 Å². The van der Waals surface area contributed by atoms with E-state index in [9.17, 15) is 9.59 Å². The van der Waals surface area contributed by atoms with E-state index in [1.54, 1.807) is 32.2 Å². The molecule has 0 bridgehead atoms. The second-order valence-electron chi connectivity index (χ2n) is 4.74. The maximum Gasteiger partial charge on any atom is 0.310 e. The Morgan fingerprint density at radius 1 is 1.37 bits per heavy atom. The van der Waals surface area contributed by atoms with Crippen molar-refractivity contribution in [3.8, 4) is 0 Å². The van der Waals surface area contributed by atoms with Gasteiger partial charge in [-0.05, 0) is 30.7 Å². The summed E-state index contributed by atoms with van der Waals surface area (Å²) >= 11 is 0. The van der Waals surface area contributed by atoms with Crippen LogP contribution in [0.25, 0.3) is 0 Å². The van der Waals surface area contributed by atoms with Crippen LogP contribution in [0.1, 0.15) is 22.8 Å². The second-order valence-corrected chi connectivity index (χ2v) is 4.74. The first-order valence-electron chi connectivity index (χ1n) is 6.05. The summed E-state index contributed by atoms with van der Waals surface area (Å²) in [7, 11) is 2.99. The van der Waals surface area contributed by atoms with Crippen LogP contribution in [0.3, 0.4) is 0 Å². The van der Waals surface area contributed by atoms with E-state index in [0.717, 1.165) is 5.56 Å². The number of hydrogen-bond donors (Lipinski definition) is 1. The van der Waals surface area contributed by atoms with Crippen molar-refractivity contribution in [2.45, 2.75) is 13.8 Å². The van der Waals surface area contributed by atoms with Crippen molar-refractivity contribution in [1.29, 1.82) is 0 Å². The lowest BCUT2D eigenvalue weighted by molar-refractivity contribution is -0.145. The number of amides is 1. The lowest BCUT2D eigenvalue weighted by Crippen LogP contribution is -2.34. The van der Waals surface area contributed by atoms with Crippen molar-refractivity contribution in [1.82, 2.24) is 4.90 Å². The van der Waals surface area contributed by atoms with Gasteiger partial charge in [0.05, 0.1) is 13.0 Å². The molecule has 5 nitrogen and oxygen atoms in total. The molecule has 2 N–H and O–H groups in total. The van der Waals surface area contributed by atoms with Gasteiger partial charge in [-0.3, -0.25) is 9.59 Å². The number of aryl methyl sites for hydroxylation is 1. The molecule has 0 fully saturated rings. The molecule has 1 rings (SSSR count). The highest BCUT2D eigenvalue weighted by Gasteiger charge is 2.19. The molecule has 0 saturated heterocycles. The fourth-order valence-electron chi connectivity index (χ4n) is 1.93. The Morgan fingerprint density at radius 2 is 2.00 bits per heavy atom. The summed E-state index contributed by atoms with van der Waals surface area (Å²) in [6.45, 7) is 3.91. The van der Waals surface area contributed by atoms with E-state index in [2.05, 4.69) is 4.74 Å². The lowest BCUT2D eigenvalue weighted by atomic mass is 10.1. The van der Waals surface area contributed by atoms with Crippen molar-refractivity contribution in [3.05, 3.63) is 29.3 Å². The number of rotatable bonds is 4. The van der Waals surface area contributed by atoms with E-state index in [1.165, 1.54) is 12.0 Å². The van der Waals surface area contributed by atoms with Gasteiger partial charge in [0, 0.05) is 24.8 Å². The third-order valence-corrected chi connectivity index (χ3v) is 2.84. The summed E-state index contributed by atoms with van der Waals surface area (Å²) in [6.07, 6.45) is 0. The lowest BCUT2D eigenvalue weighted by Gasteiger charge is -2.20. The van der Waals surface area contributed by atoms with Crippen LogP contribution in [0.4, 0.5) is 5.69 Å². The van der Waals surface area contributed by atoms with Gasteiger partial charge >= 0.3 is 5.97 Å². The minimum Gasteiger partial charge on any atom is -0.469 e. The minimum absolute atomic E-state index is 0.161. The first kappa shape index (κ1) is 15.0. The molecular weight excluding hydrogens is 244 g/mol. The van der Waals surface area contributed by atoms with Crippen LogP contribution < -0.4 is 5.73 Å². The molecular formula is C14H20N2O3. The molecule has 0 aliphatic rings. The van der Waals surface area contributed by atoms with Crippen molar-refractivity contribution < 1.29 is 14.3 Å². The molecule has 1 atom stereocenters. The summed E-state index contributed by atoms with van der Waals surface area (Å²) in [6, 6.07) is 5.21. The maximum absolute atomic E-state index is 12.2. The average Bonchev–Trinajstić information content (AvgIpc) is 2.35. The Kier molecular flexibility index (Phi) is 4.92. The normalized spacial score (nSPS) is 11.8. The fourth-order valence-corrected chi connectivity index (χ4v) is 1.93. The SMILES string of the molecule is COC(=O)C(C)CN(C)C(=O)c1cc(C)cc(N)c1. The Hall–Kier alpha value is -2.04. The number of anilines is 1. The zero-order valence-corrected chi connectivity index (χ0v) is 11.8. The molecule has 0 saturated carbocycles. The first-order valence-corrected chi connectivity index (χ1v) is 6.05. The van der Waals surface area contributed by atoms with E-state index in [0.29, 0.717) is 17.8 Å². The Bertz CT molecular complexity index is 465. The molecule has 0 aromatic heterocycles. The van der Waals surface area contributed by atoms with Crippen molar-refractivity contribution >= 4 is 17.6 Å². The molecule has 1 unspecified atom stereocenters. The smallest absolute Gasteiger partial charge is 0.310 e. The highest BCUT2D eigenvalue weighted by atomic mass is 16.5. The van der Waals surface area contributed by atoms with Crippen LogP contribution in [0.5, 0.6) is 0 Å². The number of nitrogen functional groups attached to an aromatic ring is 1. The molecule has 0 radical (unpaired) electrons. The van der Waals surface area contributed by atoms with Gasteiger partial charge in [0.15, 0.2) is 0 Å². The highest BCUT2D eigenvalue weighted by molar-refractivity contribution is 5.95. The van der Waals surface area contributed by atoms with Gasteiger partial charge in [-0.2, -0.15) is 0 Å². The topological polar surface area (TPSA) is 72.6 Å². The van der Waals surface area contributed by atoms with Gasteiger partial charge < -0.3 is 15.4 Å². The summed E-state index contributed by atoms with van der Waals surface area (Å²) in [4.78, 5) is 25.0. The van der Waals surface area contributed by atoms with Gasteiger partial charge in [-0.1, -0.05) is 6.92 Å². The Labute approximate surface area is 113 Å². The monoisotopic (exact) mass is 264 g/mol. The van der Waals surface area contributed by atoms with Crippen LogP contribution >= 0.6 is 0 Å². The van der Waals surface area contributed by atoms with E-state index >= 15 is 0 Å². The predicted molar refractivity (Wildman–Crippen MR) is 73.7 cm³/mol. The number of ether oxygens (including phenoxy) is 1. The average molecular weight is 264 g/mol. The first-order chi connectivity index (χ1) is 8.85. The Balaban J connectivity index is 2.79. The van der Waals surface area contributed by atoms with Crippen LogP contribution in [0.15, 0.2) is 18.2 Å². The largest absolute Gasteiger partial charge is 0.469 e. The van der Waals surface area contributed by atoms with Gasteiger partial charge in [0.2, 0.25) is 0 Å². The summed E-state index contributed by atoms with van der Waals surface area (Å²) in [5.74, 6) is -0.851. The molecule has 1 aromatic carbocycles. The third-order valence-electron chi connectivity index (χ3n) is 2.84. The minimum atomic E-state index is -0.360. The highest BCUT2D eigenvalue weighted by Crippen LogP contribution is 2.14. The number of benzene rings is 1. The zero-order chi connectivity index (χ0) is 14.6. The fraction of sp³-hybridized carbons (Fsp3) is 0.429. The molecule has 0 heterocycles. The number of methoxy groups -OCH3 is 1. The van der Waals surface area contributed by atoms with Crippen LogP contribution in [-0.2, 0) is 9.53 Å². The van der Waals surface area contributed by atoms with E-state index in [4.69, 9.17) is 5.73 Å². The molecule has 104 valence electrons. The standard InChI is InChI=1S/C14H20N2O3/c1-9-5-11(7-12(15)6-9)13(17)16(3)8-10(2)14(18)19-4/h5-7,10H,8,15H2,1-4H3. The number of carbonyl (C=O) groups excluding carboxylic acids is 2. The van der Waals surface area contributed by atoms with Gasteiger partial charge in [-0.15, -0.1) is 0 Å². The van der Waals surface area contributed by atoms with Gasteiger partial charge in [0.25, 0.3) is 5.91 Å². The molecule has 19 heavy (non-hydrogen) atoms. The second kappa shape index (κ2) is 6.22. The molecule has 0 spiro atoms. The van der Waals surface area contributed by atoms with Crippen molar-refractivity contribution in [2.24, 2.45) is 5.92 Å². The van der Waals surface area contributed by atoms with Crippen molar-refractivity contribution in [2.75, 3.05) is 26.4 Å². The number of hydrogen-bond acceptors (Lipinski definition) is 4. The number of nitrogens with two attached hydrogens (primary N) is 1. The van der Waals surface area contributed by atoms with E-state index in [-0.39, 0.29) is 17.8 Å². The molecule has 1 aromatic rings. The van der Waals surface area contributed by atoms with Crippen LogP contribution in [-0.4, -0.2) is 37.5 Å². The van der Waals surface area contributed by atoms with Crippen LogP contribution in [0.2, 0.25) is 0 Å². The summed E-state index contributed by atoms with van der Waals surface area (Å²) in [5.41, 5.74) is 7.73. The molecule has 1 amide bonds. The molecule has 5 heteroatoms. The van der Waals surface area contributed by atoms with Gasteiger partial charge in [-0.25, -0.2) is 0 Å². The summed E-state index contributed by atoms with van der Waals surface area (Å²) in [5, 5.41) is 0. The molecule has 0 aliphatic carbocycles. The summed E-state index contributed by atoms with van der Waals surface area (Å²) < 4.78 is 4.64. The van der Waals surface area contributed by atoms with Crippen LogP contribution in [0, 0.1) is 12.8 Å². The van der Waals surface area contributed by atoms with Gasteiger partial charge in [0.1, 0.15) is 0 Å². The third kappa shape index (κ3) is 3.98.